The van der Waals surface area contributed by atoms with Gasteiger partial charge in [0.1, 0.15) is 5.65 Å². The number of anilines is 1. The molecular formula is C14H18N4O. The van der Waals surface area contributed by atoms with Gasteiger partial charge in [0.15, 0.2) is 0 Å². The summed E-state index contributed by atoms with van der Waals surface area (Å²) in [6.45, 7) is 0. The Hall–Kier alpha value is -2.04. The average Bonchev–Trinajstić information content (AvgIpc) is 2.87. The number of pyridine rings is 1. The lowest BCUT2D eigenvalue weighted by atomic mass is 9.96. The number of nitrogens with zero attached hydrogens (tertiary/aromatic N) is 2. The number of aromatic nitrogens is 2. The van der Waals surface area contributed by atoms with Crippen LogP contribution in [0.1, 0.15) is 32.1 Å². The Morgan fingerprint density at radius 3 is 2.95 bits per heavy atom. The van der Waals surface area contributed by atoms with Crippen LogP contribution in [0.3, 0.4) is 0 Å². The minimum Gasteiger partial charge on any atom is -0.335 e. The van der Waals surface area contributed by atoms with Gasteiger partial charge in [-0.1, -0.05) is 19.3 Å². The number of rotatable bonds is 2. The molecule has 0 atom stereocenters. The van der Waals surface area contributed by atoms with E-state index in [9.17, 15) is 4.79 Å². The highest BCUT2D eigenvalue weighted by molar-refractivity contribution is 5.89. The number of urea groups is 1. The van der Waals surface area contributed by atoms with Crippen molar-refractivity contribution in [1.82, 2.24) is 14.7 Å². The van der Waals surface area contributed by atoms with Crippen LogP contribution in [-0.2, 0) is 0 Å². The largest absolute Gasteiger partial charge is 0.335 e. The van der Waals surface area contributed by atoms with E-state index in [0.717, 1.165) is 24.2 Å². The van der Waals surface area contributed by atoms with Crippen LogP contribution in [-0.4, -0.2) is 21.5 Å². The first-order chi connectivity index (χ1) is 9.31. The lowest BCUT2D eigenvalue weighted by Gasteiger charge is -2.22. The third-order valence-electron chi connectivity index (χ3n) is 3.59. The molecule has 0 unspecified atom stereocenters. The lowest BCUT2D eigenvalue weighted by molar-refractivity contribution is 0.244. The molecule has 0 radical (unpaired) electrons. The van der Waals surface area contributed by atoms with Crippen LogP contribution in [0.25, 0.3) is 5.65 Å². The molecule has 2 N–H and O–H groups in total. The van der Waals surface area contributed by atoms with Crippen molar-refractivity contribution < 1.29 is 4.79 Å². The number of carbonyl (C=O) groups excluding carboxylic acids is 1. The predicted octanol–water partition coefficient (Wildman–Crippen LogP) is 2.79. The van der Waals surface area contributed by atoms with Crippen molar-refractivity contribution in [2.75, 3.05) is 5.32 Å². The van der Waals surface area contributed by atoms with Crippen molar-refractivity contribution >= 4 is 17.4 Å². The van der Waals surface area contributed by atoms with Crippen molar-refractivity contribution in [3.8, 4) is 0 Å². The summed E-state index contributed by atoms with van der Waals surface area (Å²) in [4.78, 5) is 16.1. The van der Waals surface area contributed by atoms with E-state index in [1.165, 1.54) is 19.3 Å². The Morgan fingerprint density at radius 2 is 2.11 bits per heavy atom. The standard InChI is InChI=1S/C14H18N4O/c19-14(16-11-4-2-1-3-5-11)17-12-6-7-13-15-8-9-18(13)10-12/h6-11H,1-5H2,(H2,16,17,19). The van der Waals surface area contributed by atoms with Gasteiger partial charge in [-0.2, -0.15) is 0 Å². The van der Waals surface area contributed by atoms with Gasteiger partial charge in [0.25, 0.3) is 0 Å². The van der Waals surface area contributed by atoms with E-state index in [1.807, 2.05) is 28.9 Å². The molecule has 19 heavy (non-hydrogen) atoms. The average molecular weight is 258 g/mol. The molecule has 0 aromatic carbocycles. The molecule has 1 aliphatic carbocycles. The molecule has 5 heteroatoms. The molecule has 2 aromatic rings. The van der Waals surface area contributed by atoms with Crippen molar-refractivity contribution in [3.05, 3.63) is 30.7 Å². The molecule has 1 aliphatic rings. The third kappa shape index (κ3) is 2.86. The number of imidazole rings is 1. The third-order valence-corrected chi connectivity index (χ3v) is 3.59. The summed E-state index contributed by atoms with van der Waals surface area (Å²) >= 11 is 0. The smallest absolute Gasteiger partial charge is 0.319 e. The fourth-order valence-corrected chi connectivity index (χ4v) is 2.59. The van der Waals surface area contributed by atoms with Gasteiger partial charge in [-0.3, -0.25) is 0 Å². The van der Waals surface area contributed by atoms with Crippen molar-refractivity contribution in [2.24, 2.45) is 0 Å². The second-order valence-electron chi connectivity index (χ2n) is 5.04. The topological polar surface area (TPSA) is 58.4 Å². The highest BCUT2D eigenvalue weighted by atomic mass is 16.2. The van der Waals surface area contributed by atoms with E-state index in [1.54, 1.807) is 6.20 Å². The number of fused-ring (bicyclic) bond motifs is 1. The van der Waals surface area contributed by atoms with Gasteiger partial charge in [-0.05, 0) is 25.0 Å². The number of hydrogen-bond donors (Lipinski definition) is 2. The molecule has 0 spiro atoms. The molecule has 5 nitrogen and oxygen atoms in total. The summed E-state index contributed by atoms with van der Waals surface area (Å²) in [6, 6.07) is 3.95. The number of amides is 2. The fraction of sp³-hybridized carbons (Fsp3) is 0.429. The monoisotopic (exact) mass is 258 g/mol. The van der Waals surface area contributed by atoms with Crippen molar-refractivity contribution in [2.45, 2.75) is 38.1 Å². The summed E-state index contributed by atoms with van der Waals surface area (Å²) in [5, 5.41) is 5.91. The molecule has 2 aromatic heterocycles. The minimum atomic E-state index is -0.119. The molecule has 2 heterocycles. The summed E-state index contributed by atoms with van der Waals surface area (Å²) < 4.78 is 1.89. The number of carbonyl (C=O) groups is 1. The zero-order chi connectivity index (χ0) is 13.1. The highest BCUT2D eigenvalue weighted by Gasteiger charge is 2.15. The summed E-state index contributed by atoms with van der Waals surface area (Å²) in [6.07, 6.45) is 11.4. The Morgan fingerprint density at radius 1 is 1.26 bits per heavy atom. The summed E-state index contributed by atoms with van der Waals surface area (Å²) in [7, 11) is 0. The van der Waals surface area contributed by atoms with E-state index in [-0.39, 0.29) is 6.03 Å². The minimum absolute atomic E-state index is 0.119. The van der Waals surface area contributed by atoms with E-state index in [0.29, 0.717) is 6.04 Å². The van der Waals surface area contributed by atoms with Crippen LogP contribution in [0.4, 0.5) is 10.5 Å². The molecule has 1 saturated carbocycles. The van der Waals surface area contributed by atoms with Gasteiger partial charge < -0.3 is 15.0 Å². The normalized spacial score (nSPS) is 16.4. The number of hydrogen-bond acceptors (Lipinski definition) is 2. The quantitative estimate of drug-likeness (QED) is 0.870. The van der Waals surface area contributed by atoms with E-state index >= 15 is 0 Å². The first-order valence-corrected chi connectivity index (χ1v) is 6.81. The second kappa shape index (κ2) is 5.30. The van der Waals surface area contributed by atoms with Gasteiger partial charge in [0.2, 0.25) is 0 Å². The Balaban J connectivity index is 1.61. The fourth-order valence-electron chi connectivity index (χ4n) is 2.59. The van der Waals surface area contributed by atoms with E-state index in [2.05, 4.69) is 15.6 Å². The van der Waals surface area contributed by atoms with Gasteiger partial charge in [-0.25, -0.2) is 9.78 Å². The van der Waals surface area contributed by atoms with E-state index < -0.39 is 0 Å². The Bertz CT molecular complexity index is 572. The Labute approximate surface area is 112 Å². The molecule has 3 rings (SSSR count). The summed E-state index contributed by atoms with van der Waals surface area (Å²) in [5.41, 5.74) is 1.65. The van der Waals surface area contributed by atoms with Crippen LogP contribution in [0.5, 0.6) is 0 Å². The molecular weight excluding hydrogens is 240 g/mol. The first-order valence-electron chi connectivity index (χ1n) is 6.81. The van der Waals surface area contributed by atoms with Gasteiger partial charge >= 0.3 is 6.03 Å². The van der Waals surface area contributed by atoms with E-state index in [4.69, 9.17) is 0 Å². The molecule has 2 amide bonds. The number of nitrogens with one attached hydrogen (secondary N) is 2. The SMILES string of the molecule is O=C(Nc1ccc2nccn2c1)NC1CCCCC1. The van der Waals surface area contributed by atoms with Crippen molar-refractivity contribution in [3.63, 3.8) is 0 Å². The van der Waals surface area contributed by atoms with Gasteiger partial charge in [0.05, 0.1) is 5.69 Å². The molecule has 0 saturated heterocycles. The highest BCUT2D eigenvalue weighted by Crippen LogP contribution is 2.17. The predicted molar refractivity (Wildman–Crippen MR) is 74.2 cm³/mol. The van der Waals surface area contributed by atoms with Gasteiger partial charge in [-0.15, -0.1) is 0 Å². The second-order valence-corrected chi connectivity index (χ2v) is 5.04. The van der Waals surface area contributed by atoms with Crippen LogP contribution in [0.15, 0.2) is 30.7 Å². The van der Waals surface area contributed by atoms with Crippen LogP contribution < -0.4 is 10.6 Å². The molecule has 0 bridgehead atoms. The summed E-state index contributed by atoms with van der Waals surface area (Å²) in [5.74, 6) is 0. The zero-order valence-electron chi connectivity index (χ0n) is 10.8. The maximum Gasteiger partial charge on any atom is 0.319 e. The molecule has 0 aliphatic heterocycles. The lowest BCUT2D eigenvalue weighted by Crippen LogP contribution is -2.39. The van der Waals surface area contributed by atoms with Gasteiger partial charge in [0, 0.05) is 24.6 Å². The first kappa shape index (κ1) is 12.0. The molecule has 100 valence electrons. The van der Waals surface area contributed by atoms with Crippen LogP contribution in [0, 0.1) is 0 Å². The zero-order valence-corrected chi connectivity index (χ0v) is 10.8. The Kier molecular flexibility index (Phi) is 3.35. The molecule has 1 fully saturated rings. The maximum atomic E-state index is 11.9. The maximum absolute atomic E-state index is 11.9. The van der Waals surface area contributed by atoms with Crippen LogP contribution >= 0.6 is 0 Å². The van der Waals surface area contributed by atoms with Crippen LogP contribution in [0.2, 0.25) is 0 Å². The van der Waals surface area contributed by atoms with Crippen molar-refractivity contribution in [1.29, 1.82) is 0 Å².